The molecule has 154 valence electrons. The van der Waals surface area contributed by atoms with Crippen LogP contribution in [0.2, 0.25) is 0 Å². The van der Waals surface area contributed by atoms with Gasteiger partial charge in [-0.25, -0.2) is 4.79 Å². The Labute approximate surface area is 167 Å². The number of carboxylic acid groups (broad SMARTS) is 1. The molecule has 1 unspecified atom stereocenters. The minimum absolute atomic E-state index is 0.0235. The fourth-order valence-corrected chi connectivity index (χ4v) is 4.57. The fraction of sp³-hybridized carbons (Fsp3) is 0.636. The van der Waals surface area contributed by atoms with Gasteiger partial charge in [-0.05, 0) is 69.2 Å². The van der Waals surface area contributed by atoms with Crippen molar-refractivity contribution >= 4 is 12.0 Å². The Bertz CT molecular complexity index is 715. The van der Waals surface area contributed by atoms with Gasteiger partial charge in [0.15, 0.2) is 0 Å². The van der Waals surface area contributed by atoms with E-state index in [0.717, 1.165) is 45.2 Å². The number of carboxylic acids is 1. The predicted molar refractivity (Wildman–Crippen MR) is 109 cm³/mol. The number of carbonyl (C=O) groups excluding carboxylic acids is 1. The Morgan fingerprint density at radius 3 is 2.68 bits per heavy atom. The van der Waals surface area contributed by atoms with E-state index in [1.807, 2.05) is 16.7 Å². The highest BCUT2D eigenvalue weighted by molar-refractivity contribution is 5.75. The van der Waals surface area contributed by atoms with Crippen molar-refractivity contribution in [2.75, 3.05) is 19.6 Å². The summed E-state index contributed by atoms with van der Waals surface area (Å²) in [5.74, 6) is -0.793. The summed E-state index contributed by atoms with van der Waals surface area (Å²) in [4.78, 5) is 28.0. The lowest BCUT2D eigenvalue weighted by atomic mass is 9.85. The number of urea groups is 1. The highest BCUT2D eigenvalue weighted by Gasteiger charge is 2.37. The molecule has 6 heteroatoms. The Morgan fingerprint density at radius 1 is 1.25 bits per heavy atom. The zero-order chi connectivity index (χ0) is 20.3. The van der Waals surface area contributed by atoms with Crippen LogP contribution >= 0.6 is 0 Å². The first-order chi connectivity index (χ1) is 13.4. The molecular formula is C22H33N3O3. The van der Waals surface area contributed by atoms with E-state index >= 15 is 0 Å². The molecule has 1 heterocycles. The van der Waals surface area contributed by atoms with Crippen molar-refractivity contribution in [1.82, 2.24) is 15.1 Å². The Morgan fingerprint density at radius 2 is 2.00 bits per heavy atom. The molecule has 2 aliphatic rings. The normalized spacial score (nSPS) is 24.7. The lowest BCUT2D eigenvalue weighted by molar-refractivity contribution is -0.139. The molecule has 2 amide bonds. The third-order valence-corrected chi connectivity index (χ3v) is 6.47. The van der Waals surface area contributed by atoms with Crippen molar-refractivity contribution in [2.45, 2.75) is 71.0 Å². The van der Waals surface area contributed by atoms with Gasteiger partial charge in [0.2, 0.25) is 0 Å². The monoisotopic (exact) mass is 387 g/mol. The number of carbonyl (C=O) groups is 2. The number of piperidine rings is 1. The van der Waals surface area contributed by atoms with Crippen LogP contribution in [-0.2, 0) is 4.79 Å². The van der Waals surface area contributed by atoms with Crippen LogP contribution < -0.4 is 5.32 Å². The first-order valence-electron chi connectivity index (χ1n) is 10.5. The maximum atomic E-state index is 13.0. The van der Waals surface area contributed by atoms with Gasteiger partial charge >= 0.3 is 12.0 Å². The molecule has 0 bridgehead atoms. The van der Waals surface area contributed by atoms with Gasteiger partial charge in [0.1, 0.15) is 0 Å². The number of hydrogen-bond donors (Lipinski definition) is 2. The van der Waals surface area contributed by atoms with Gasteiger partial charge in [-0.3, -0.25) is 9.69 Å². The van der Waals surface area contributed by atoms with E-state index in [-0.39, 0.29) is 30.7 Å². The lowest BCUT2D eigenvalue weighted by Crippen LogP contribution is -2.57. The lowest BCUT2D eigenvalue weighted by Gasteiger charge is -2.44. The zero-order valence-corrected chi connectivity index (χ0v) is 17.3. The quantitative estimate of drug-likeness (QED) is 0.784. The van der Waals surface area contributed by atoms with Crippen LogP contribution in [0.25, 0.3) is 0 Å². The largest absolute Gasteiger partial charge is 0.480 e. The van der Waals surface area contributed by atoms with Gasteiger partial charge in [-0.15, -0.1) is 0 Å². The van der Waals surface area contributed by atoms with Crippen LogP contribution in [0.5, 0.6) is 0 Å². The molecule has 1 aromatic carbocycles. The fourth-order valence-electron chi connectivity index (χ4n) is 4.57. The smallest absolute Gasteiger partial charge is 0.318 e. The van der Waals surface area contributed by atoms with Crippen LogP contribution in [0.15, 0.2) is 18.2 Å². The molecule has 2 fully saturated rings. The number of benzene rings is 1. The second-order valence-corrected chi connectivity index (χ2v) is 8.22. The number of nitrogens with zero attached hydrogens (tertiary/aromatic N) is 2. The topological polar surface area (TPSA) is 72.9 Å². The highest BCUT2D eigenvalue weighted by atomic mass is 16.4. The zero-order valence-electron chi connectivity index (χ0n) is 17.3. The number of nitrogens with one attached hydrogen (secondary N) is 1. The third-order valence-electron chi connectivity index (χ3n) is 6.47. The summed E-state index contributed by atoms with van der Waals surface area (Å²) >= 11 is 0. The van der Waals surface area contributed by atoms with E-state index in [1.165, 1.54) is 16.7 Å². The SMILES string of the molecule is CCN(CC(=O)O)C1CC(NC(=O)N2CCCCC2c2cccc(C)c2C)C1. The second-order valence-electron chi connectivity index (χ2n) is 8.22. The van der Waals surface area contributed by atoms with Crippen LogP contribution in [0, 0.1) is 13.8 Å². The minimum atomic E-state index is -0.793. The van der Waals surface area contributed by atoms with Crippen LogP contribution in [0.4, 0.5) is 4.79 Å². The minimum Gasteiger partial charge on any atom is -0.480 e. The Balaban J connectivity index is 1.60. The summed E-state index contributed by atoms with van der Waals surface area (Å²) in [6, 6.07) is 6.92. The van der Waals surface area contributed by atoms with Gasteiger partial charge < -0.3 is 15.3 Å². The molecule has 28 heavy (non-hydrogen) atoms. The summed E-state index contributed by atoms with van der Waals surface area (Å²) in [6.07, 6.45) is 4.86. The average molecular weight is 388 g/mol. The molecular weight excluding hydrogens is 354 g/mol. The summed E-state index contributed by atoms with van der Waals surface area (Å²) in [5, 5.41) is 12.2. The van der Waals surface area contributed by atoms with Gasteiger partial charge in [-0.1, -0.05) is 25.1 Å². The van der Waals surface area contributed by atoms with E-state index < -0.39 is 5.97 Å². The molecule has 1 aromatic rings. The van der Waals surface area contributed by atoms with Gasteiger partial charge in [0.05, 0.1) is 12.6 Å². The summed E-state index contributed by atoms with van der Waals surface area (Å²) in [6.45, 7) is 7.84. The molecule has 0 aromatic heterocycles. The summed E-state index contributed by atoms with van der Waals surface area (Å²) < 4.78 is 0. The second kappa shape index (κ2) is 8.95. The molecule has 1 aliphatic heterocycles. The van der Waals surface area contributed by atoms with E-state index in [9.17, 15) is 9.59 Å². The molecule has 1 atom stereocenters. The molecule has 0 radical (unpaired) electrons. The molecule has 0 spiro atoms. The average Bonchev–Trinajstić information content (AvgIpc) is 2.64. The van der Waals surface area contributed by atoms with Gasteiger partial charge in [0, 0.05) is 18.6 Å². The van der Waals surface area contributed by atoms with Crippen molar-refractivity contribution in [3.8, 4) is 0 Å². The molecule has 6 nitrogen and oxygen atoms in total. The first kappa shape index (κ1) is 20.6. The Hall–Kier alpha value is -2.08. The number of rotatable bonds is 6. The number of likely N-dealkylation sites (N-methyl/N-ethyl adjacent to an activating group) is 1. The van der Waals surface area contributed by atoms with Crippen molar-refractivity contribution in [1.29, 1.82) is 0 Å². The standard InChI is InChI=1S/C22H33N3O3/c1-4-24(14-21(26)27)18-12-17(13-18)23-22(28)25-11-6-5-10-20(25)19-9-7-8-15(2)16(19)3/h7-9,17-18,20H,4-6,10-14H2,1-3H3,(H,23,28)(H,26,27). The summed E-state index contributed by atoms with van der Waals surface area (Å²) in [7, 11) is 0. The van der Waals surface area contributed by atoms with Crippen LogP contribution in [-0.4, -0.2) is 58.6 Å². The maximum absolute atomic E-state index is 13.0. The van der Waals surface area contributed by atoms with Crippen molar-refractivity contribution in [3.05, 3.63) is 34.9 Å². The molecule has 1 aliphatic carbocycles. The molecule has 3 rings (SSSR count). The number of aliphatic carboxylic acids is 1. The first-order valence-corrected chi connectivity index (χ1v) is 10.5. The van der Waals surface area contributed by atoms with E-state index in [4.69, 9.17) is 5.11 Å². The highest BCUT2D eigenvalue weighted by Crippen LogP contribution is 2.34. The number of aryl methyl sites for hydroxylation is 1. The summed E-state index contributed by atoms with van der Waals surface area (Å²) in [5.41, 5.74) is 3.81. The van der Waals surface area contributed by atoms with Gasteiger partial charge in [0.25, 0.3) is 0 Å². The Kier molecular flexibility index (Phi) is 6.60. The van der Waals surface area contributed by atoms with Crippen molar-refractivity contribution in [2.24, 2.45) is 0 Å². The molecule has 1 saturated carbocycles. The number of amides is 2. The van der Waals surface area contributed by atoms with Crippen molar-refractivity contribution < 1.29 is 14.7 Å². The molecule has 2 N–H and O–H groups in total. The van der Waals surface area contributed by atoms with E-state index in [0.29, 0.717) is 0 Å². The number of hydrogen-bond acceptors (Lipinski definition) is 3. The van der Waals surface area contributed by atoms with E-state index in [2.05, 4.69) is 37.4 Å². The maximum Gasteiger partial charge on any atom is 0.318 e. The van der Waals surface area contributed by atoms with Crippen LogP contribution in [0.1, 0.15) is 61.8 Å². The van der Waals surface area contributed by atoms with Gasteiger partial charge in [-0.2, -0.15) is 0 Å². The van der Waals surface area contributed by atoms with E-state index in [1.54, 1.807) is 0 Å². The molecule has 1 saturated heterocycles. The van der Waals surface area contributed by atoms with Crippen molar-refractivity contribution in [3.63, 3.8) is 0 Å². The number of likely N-dealkylation sites (tertiary alicyclic amines) is 1. The van der Waals surface area contributed by atoms with Crippen LogP contribution in [0.3, 0.4) is 0 Å². The third kappa shape index (κ3) is 4.49. The predicted octanol–water partition coefficient (Wildman–Crippen LogP) is 3.48.